The number of hydrogen-bond donors (Lipinski definition) is 0. The van der Waals surface area contributed by atoms with Gasteiger partial charge in [0, 0.05) is 18.0 Å². The normalized spacial score (nSPS) is 17.1. The summed E-state index contributed by atoms with van der Waals surface area (Å²) in [6.45, 7) is 3.82. The van der Waals surface area contributed by atoms with Gasteiger partial charge in [-0.2, -0.15) is 0 Å². The highest BCUT2D eigenvalue weighted by Crippen LogP contribution is 2.32. The number of aliphatic imine (C=N–C) groups is 1. The fraction of sp³-hybridized carbons (Fsp3) is 0.200. The van der Waals surface area contributed by atoms with E-state index in [0.29, 0.717) is 11.3 Å². The number of nitrogens with zero attached hydrogens (tertiary/aromatic N) is 3. The highest BCUT2D eigenvalue weighted by Gasteiger charge is 2.35. The second-order valence-electron chi connectivity index (χ2n) is 6.16. The van der Waals surface area contributed by atoms with Gasteiger partial charge in [0.2, 0.25) is 0 Å². The molecule has 1 aliphatic heterocycles. The maximum Gasteiger partial charge on any atom is 0.311 e. The van der Waals surface area contributed by atoms with Crippen LogP contribution in [-0.2, 0) is 4.79 Å². The number of methoxy groups -OCH3 is 1. The molecule has 1 aliphatic rings. The molecule has 27 heavy (non-hydrogen) atoms. The Kier molecular flexibility index (Phi) is 5.03. The molecule has 2 aromatic rings. The number of hydrogen-bond acceptors (Lipinski definition) is 5. The Bertz CT molecular complexity index is 951. The number of carbonyl (C=O) groups is 1. The first kappa shape index (κ1) is 18.3. The third-order valence-corrected chi connectivity index (χ3v) is 4.59. The standard InChI is InChI=1S/C20H19N3O4/c1-13-14(2)22(16-7-5-4-6-8-16)20(24)19(13)21-12-15-9-10-18(27-3)17(11-15)23(25)26/h4-12,14H,1-3H3. The molecule has 138 valence electrons. The number of nitro benzene ring substituents is 1. The Morgan fingerprint density at radius 2 is 1.93 bits per heavy atom. The largest absolute Gasteiger partial charge is 0.490 e. The van der Waals surface area contributed by atoms with E-state index in [9.17, 15) is 14.9 Å². The molecule has 2 aromatic carbocycles. The molecule has 1 amide bonds. The Balaban J connectivity index is 1.90. The van der Waals surface area contributed by atoms with Crippen LogP contribution in [0, 0.1) is 10.1 Å². The topological polar surface area (TPSA) is 85.0 Å². The van der Waals surface area contributed by atoms with Gasteiger partial charge < -0.3 is 9.64 Å². The van der Waals surface area contributed by atoms with Crippen LogP contribution in [0.25, 0.3) is 0 Å². The highest BCUT2D eigenvalue weighted by molar-refractivity contribution is 6.10. The molecule has 0 aromatic heterocycles. The smallest absolute Gasteiger partial charge is 0.311 e. The van der Waals surface area contributed by atoms with Crippen molar-refractivity contribution in [2.24, 2.45) is 4.99 Å². The monoisotopic (exact) mass is 365 g/mol. The van der Waals surface area contributed by atoms with Crippen molar-refractivity contribution in [3.63, 3.8) is 0 Å². The summed E-state index contributed by atoms with van der Waals surface area (Å²) in [5.74, 6) is -0.0150. The van der Waals surface area contributed by atoms with Crippen molar-refractivity contribution in [2.45, 2.75) is 19.9 Å². The Hall–Kier alpha value is -3.48. The second-order valence-corrected chi connectivity index (χ2v) is 6.16. The molecule has 7 heteroatoms. The first-order chi connectivity index (χ1) is 12.9. The summed E-state index contributed by atoms with van der Waals surface area (Å²) >= 11 is 0. The van der Waals surface area contributed by atoms with Crippen molar-refractivity contribution in [1.82, 2.24) is 0 Å². The molecule has 0 aliphatic carbocycles. The molecule has 3 rings (SSSR count). The Labute approximate surface area is 156 Å². The number of amides is 1. The van der Waals surface area contributed by atoms with Crippen molar-refractivity contribution >= 4 is 23.5 Å². The molecule has 0 radical (unpaired) electrons. The van der Waals surface area contributed by atoms with Gasteiger partial charge in [-0.05, 0) is 49.2 Å². The van der Waals surface area contributed by atoms with E-state index >= 15 is 0 Å². The van der Waals surface area contributed by atoms with Crippen LogP contribution in [-0.4, -0.2) is 30.2 Å². The number of anilines is 1. The minimum Gasteiger partial charge on any atom is -0.490 e. The lowest BCUT2D eigenvalue weighted by atomic mass is 10.1. The molecule has 1 atom stereocenters. The maximum absolute atomic E-state index is 12.8. The van der Waals surface area contributed by atoms with Crippen LogP contribution >= 0.6 is 0 Å². The first-order valence-electron chi connectivity index (χ1n) is 8.40. The van der Waals surface area contributed by atoms with Crippen LogP contribution < -0.4 is 9.64 Å². The molecule has 0 N–H and O–H groups in total. The van der Waals surface area contributed by atoms with E-state index < -0.39 is 4.92 Å². The lowest BCUT2D eigenvalue weighted by Crippen LogP contribution is -2.33. The lowest BCUT2D eigenvalue weighted by Gasteiger charge is -2.22. The SMILES string of the molecule is COc1ccc(C=NC2=C(C)C(C)N(c3ccccc3)C2=O)cc1[N+](=O)[O-]. The third-order valence-electron chi connectivity index (χ3n) is 4.59. The van der Waals surface area contributed by atoms with Gasteiger partial charge in [0.05, 0.1) is 18.1 Å². The number of benzene rings is 2. The average molecular weight is 365 g/mol. The summed E-state index contributed by atoms with van der Waals surface area (Å²) in [7, 11) is 1.38. The predicted octanol–water partition coefficient (Wildman–Crippen LogP) is 3.73. The molecular formula is C20H19N3O4. The lowest BCUT2D eigenvalue weighted by molar-refractivity contribution is -0.385. The molecule has 0 fully saturated rings. The highest BCUT2D eigenvalue weighted by atomic mass is 16.6. The van der Waals surface area contributed by atoms with Gasteiger partial charge >= 0.3 is 5.69 Å². The predicted molar refractivity (Wildman–Crippen MR) is 103 cm³/mol. The van der Waals surface area contributed by atoms with Crippen molar-refractivity contribution in [3.05, 3.63) is 75.5 Å². The quantitative estimate of drug-likeness (QED) is 0.459. The van der Waals surface area contributed by atoms with Crippen LogP contribution in [0.1, 0.15) is 19.4 Å². The molecule has 1 unspecified atom stereocenters. The molecule has 7 nitrogen and oxygen atoms in total. The van der Waals surface area contributed by atoms with Gasteiger partial charge in [-0.1, -0.05) is 18.2 Å². The van der Waals surface area contributed by atoms with Crippen LogP contribution in [0.5, 0.6) is 5.75 Å². The van der Waals surface area contributed by atoms with E-state index in [0.717, 1.165) is 11.3 Å². The number of para-hydroxylation sites is 1. The van der Waals surface area contributed by atoms with Gasteiger partial charge in [-0.3, -0.25) is 19.9 Å². The molecule has 0 saturated carbocycles. The van der Waals surface area contributed by atoms with Gasteiger partial charge in [0.1, 0.15) is 5.70 Å². The van der Waals surface area contributed by atoms with Crippen LogP contribution in [0.15, 0.2) is 64.8 Å². The van der Waals surface area contributed by atoms with E-state index in [1.807, 2.05) is 44.2 Å². The van der Waals surface area contributed by atoms with Gasteiger partial charge in [-0.25, -0.2) is 0 Å². The number of carbonyl (C=O) groups excluding carboxylic acids is 1. The molecular weight excluding hydrogens is 346 g/mol. The third kappa shape index (κ3) is 3.44. The Morgan fingerprint density at radius 1 is 1.22 bits per heavy atom. The summed E-state index contributed by atoms with van der Waals surface area (Å²) in [6.07, 6.45) is 1.46. The van der Waals surface area contributed by atoms with E-state index in [-0.39, 0.29) is 23.4 Å². The average Bonchev–Trinajstić information content (AvgIpc) is 2.89. The van der Waals surface area contributed by atoms with Gasteiger partial charge in [0.15, 0.2) is 5.75 Å². The van der Waals surface area contributed by atoms with Crippen molar-refractivity contribution in [2.75, 3.05) is 12.0 Å². The fourth-order valence-electron chi connectivity index (χ4n) is 3.01. The summed E-state index contributed by atoms with van der Waals surface area (Å²) in [5.41, 5.74) is 2.37. The second kappa shape index (κ2) is 7.41. The van der Waals surface area contributed by atoms with E-state index in [1.54, 1.807) is 11.0 Å². The molecule has 0 bridgehead atoms. The van der Waals surface area contributed by atoms with E-state index in [4.69, 9.17) is 4.74 Å². The zero-order valence-corrected chi connectivity index (χ0v) is 15.2. The molecule has 0 spiro atoms. The summed E-state index contributed by atoms with van der Waals surface area (Å²) < 4.78 is 4.99. The van der Waals surface area contributed by atoms with Crippen molar-refractivity contribution in [1.29, 1.82) is 0 Å². The van der Waals surface area contributed by atoms with Gasteiger partial charge in [-0.15, -0.1) is 0 Å². The zero-order chi connectivity index (χ0) is 19.6. The first-order valence-corrected chi connectivity index (χ1v) is 8.40. The number of nitro groups is 1. The van der Waals surface area contributed by atoms with Crippen LogP contribution in [0.4, 0.5) is 11.4 Å². The zero-order valence-electron chi connectivity index (χ0n) is 15.2. The maximum atomic E-state index is 12.8. The van der Waals surface area contributed by atoms with Crippen LogP contribution in [0.3, 0.4) is 0 Å². The number of ether oxygens (including phenoxy) is 1. The van der Waals surface area contributed by atoms with Crippen LogP contribution in [0.2, 0.25) is 0 Å². The molecule has 1 heterocycles. The minimum absolute atomic E-state index is 0.114. The van der Waals surface area contributed by atoms with Crippen molar-refractivity contribution in [3.8, 4) is 5.75 Å². The molecule has 0 saturated heterocycles. The Morgan fingerprint density at radius 3 is 2.56 bits per heavy atom. The van der Waals surface area contributed by atoms with E-state index in [1.165, 1.54) is 25.5 Å². The summed E-state index contributed by atoms with van der Waals surface area (Å²) in [6, 6.07) is 13.8. The fourth-order valence-corrected chi connectivity index (χ4v) is 3.01. The van der Waals surface area contributed by atoms with Gasteiger partial charge in [0.25, 0.3) is 5.91 Å². The number of rotatable bonds is 5. The minimum atomic E-state index is -0.513. The van der Waals surface area contributed by atoms with Crippen molar-refractivity contribution < 1.29 is 14.5 Å². The summed E-state index contributed by atoms with van der Waals surface area (Å²) in [5, 5.41) is 11.2. The summed E-state index contributed by atoms with van der Waals surface area (Å²) in [4.78, 5) is 29.5. The van der Waals surface area contributed by atoms with E-state index in [2.05, 4.69) is 4.99 Å².